The molecule has 0 aromatic heterocycles. The molecule has 0 saturated heterocycles. The number of anilines is 1. The first-order chi connectivity index (χ1) is 8.81. The molecule has 1 aromatic rings. The van der Waals surface area contributed by atoms with Crippen LogP contribution in [0.3, 0.4) is 0 Å². The van der Waals surface area contributed by atoms with Crippen molar-refractivity contribution in [3.63, 3.8) is 0 Å². The van der Waals surface area contributed by atoms with Crippen LogP contribution in [0.25, 0.3) is 0 Å². The largest absolute Gasteiger partial charge is 0.433 e. The first-order valence-corrected chi connectivity index (χ1v) is 6.44. The van der Waals surface area contributed by atoms with Crippen molar-refractivity contribution >= 4 is 16.0 Å². The number of halogens is 2. The number of benzene rings is 1. The van der Waals surface area contributed by atoms with Gasteiger partial charge in [0, 0.05) is 6.54 Å². The van der Waals surface area contributed by atoms with E-state index in [-0.39, 0.29) is 12.2 Å². The van der Waals surface area contributed by atoms with E-state index in [1.54, 1.807) is 6.07 Å². The highest BCUT2D eigenvalue weighted by Crippen LogP contribution is 2.30. The maximum Gasteiger partial charge on any atom is 0.387 e. The van der Waals surface area contributed by atoms with E-state index in [0.717, 1.165) is 6.07 Å². The molecule has 19 heavy (non-hydrogen) atoms. The van der Waals surface area contributed by atoms with E-state index in [1.807, 2.05) is 0 Å². The van der Waals surface area contributed by atoms with E-state index >= 15 is 0 Å². The molecule has 0 aliphatic rings. The molecule has 0 atom stereocenters. The minimum atomic E-state index is -4.61. The summed E-state index contributed by atoms with van der Waals surface area (Å²) < 4.78 is 60.3. The zero-order chi connectivity index (χ0) is 14.6. The predicted octanol–water partition coefficient (Wildman–Crippen LogP) is 1.79. The summed E-state index contributed by atoms with van der Waals surface area (Å²) in [6, 6.07) is 5.12. The van der Waals surface area contributed by atoms with Crippen LogP contribution >= 0.6 is 0 Å². The predicted molar refractivity (Wildman–Crippen MR) is 62.4 cm³/mol. The fourth-order valence-electron chi connectivity index (χ4n) is 1.49. The van der Waals surface area contributed by atoms with Crippen LogP contribution in [0.5, 0.6) is 5.75 Å². The van der Waals surface area contributed by atoms with Gasteiger partial charge in [0.25, 0.3) is 0 Å². The Balaban J connectivity index is 3.40. The standard InChI is InChI=1S/C10H10F2N2O4S/c1-2-14(19(15,16)17)8-4-3-5-9(7(8)6-13)18-10(11)12/h3-5,10H,2H2,1H3,(H,15,16,17). The van der Waals surface area contributed by atoms with E-state index in [4.69, 9.17) is 9.81 Å². The van der Waals surface area contributed by atoms with Gasteiger partial charge >= 0.3 is 16.9 Å². The van der Waals surface area contributed by atoms with Gasteiger partial charge in [0.2, 0.25) is 0 Å². The van der Waals surface area contributed by atoms with E-state index in [0.29, 0.717) is 4.31 Å². The minimum Gasteiger partial charge on any atom is -0.433 e. The van der Waals surface area contributed by atoms with Crippen LogP contribution in [0, 0.1) is 11.3 Å². The van der Waals surface area contributed by atoms with Crippen molar-refractivity contribution in [2.45, 2.75) is 13.5 Å². The van der Waals surface area contributed by atoms with Gasteiger partial charge in [-0.2, -0.15) is 22.5 Å². The Morgan fingerprint density at radius 3 is 2.58 bits per heavy atom. The topological polar surface area (TPSA) is 90.6 Å². The summed E-state index contributed by atoms with van der Waals surface area (Å²) in [7, 11) is -4.61. The Hall–Kier alpha value is -1.92. The second kappa shape index (κ2) is 5.81. The maximum absolute atomic E-state index is 12.2. The lowest BCUT2D eigenvalue weighted by atomic mass is 10.1. The lowest BCUT2D eigenvalue weighted by Gasteiger charge is -2.21. The molecule has 9 heteroatoms. The lowest BCUT2D eigenvalue weighted by molar-refractivity contribution is -0.0499. The molecule has 0 radical (unpaired) electrons. The van der Waals surface area contributed by atoms with Crippen LogP contribution in [-0.4, -0.2) is 26.1 Å². The SMILES string of the molecule is CCN(c1cccc(OC(F)F)c1C#N)S(=O)(=O)O. The smallest absolute Gasteiger partial charge is 0.387 e. The van der Waals surface area contributed by atoms with Gasteiger partial charge in [0.1, 0.15) is 17.4 Å². The van der Waals surface area contributed by atoms with Gasteiger partial charge in [-0.25, -0.2) is 4.31 Å². The van der Waals surface area contributed by atoms with E-state index < -0.39 is 28.2 Å². The lowest BCUT2D eigenvalue weighted by Crippen LogP contribution is -2.30. The van der Waals surface area contributed by atoms with Crippen LogP contribution in [0.15, 0.2) is 18.2 Å². The second-order valence-corrected chi connectivity index (χ2v) is 4.62. The van der Waals surface area contributed by atoms with Crippen molar-refractivity contribution < 1.29 is 26.5 Å². The van der Waals surface area contributed by atoms with Gasteiger partial charge in [-0.1, -0.05) is 6.07 Å². The molecule has 0 aliphatic heterocycles. The van der Waals surface area contributed by atoms with Gasteiger partial charge < -0.3 is 4.74 Å². The van der Waals surface area contributed by atoms with Crippen LogP contribution in [0.2, 0.25) is 0 Å². The summed E-state index contributed by atoms with van der Waals surface area (Å²) in [5.74, 6) is -0.461. The molecular formula is C10H10F2N2O4S. The molecule has 0 heterocycles. The summed E-state index contributed by atoms with van der Waals surface area (Å²) in [6.07, 6.45) is 0. The number of nitriles is 1. The van der Waals surface area contributed by atoms with Crippen molar-refractivity contribution in [3.05, 3.63) is 23.8 Å². The van der Waals surface area contributed by atoms with Gasteiger partial charge in [-0.05, 0) is 19.1 Å². The third kappa shape index (κ3) is 3.52. The third-order valence-corrected chi connectivity index (χ3v) is 3.18. The molecule has 0 saturated carbocycles. The molecule has 1 N–H and O–H groups in total. The number of alkyl halides is 2. The number of ether oxygens (including phenoxy) is 1. The van der Waals surface area contributed by atoms with Crippen LogP contribution in [-0.2, 0) is 10.3 Å². The molecule has 0 spiro atoms. The van der Waals surface area contributed by atoms with Crippen molar-refractivity contribution in [1.82, 2.24) is 0 Å². The maximum atomic E-state index is 12.2. The Labute approximate surface area is 108 Å². The fraction of sp³-hybridized carbons (Fsp3) is 0.300. The Morgan fingerprint density at radius 2 is 2.16 bits per heavy atom. The van der Waals surface area contributed by atoms with Gasteiger partial charge in [0.15, 0.2) is 0 Å². The van der Waals surface area contributed by atoms with Crippen LogP contribution < -0.4 is 9.04 Å². The monoisotopic (exact) mass is 292 g/mol. The molecule has 1 rings (SSSR count). The number of rotatable bonds is 5. The molecule has 0 bridgehead atoms. The molecule has 0 unspecified atom stereocenters. The fourth-order valence-corrected chi connectivity index (χ4v) is 2.22. The zero-order valence-corrected chi connectivity index (χ0v) is 10.6. The molecule has 0 amide bonds. The average Bonchev–Trinajstić information content (AvgIpc) is 2.27. The van der Waals surface area contributed by atoms with Gasteiger partial charge in [-0.15, -0.1) is 0 Å². The molecule has 6 nitrogen and oxygen atoms in total. The van der Waals surface area contributed by atoms with Crippen molar-refractivity contribution in [2.24, 2.45) is 0 Å². The van der Waals surface area contributed by atoms with Crippen molar-refractivity contribution in [2.75, 3.05) is 10.8 Å². The summed E-state index contributed by atoms with van der Waals surface area (Å²) >= 11 is 0. The third-order valence-electron chi connectivity index (χ3n) is 2.17. The summed E-state index contributed by atoms with van der Waals surface area (Å²) in [4.78, 5) is 0. The molecule has 0 fully saturated rings. The van der Waals surface area contributed by atoms with E-state index in [2.05, 4.69) is 4.74 Å². The minimum absolute atomic E-state index is 0.175. The zero-order valence-electron chi connectivity index (χ0n) is 9.75. The highest BCUT2D eigenvalue weighted by atomic mass is 32.2. The molecule has 104 valence electrons. The first kappa shape index (κ1) is 15.1. The number of nitrogens with zero attached hydrogens (tertiary/aromatic N) is 2. The van der Waals surface area contributed by atoms with E-state index in [1.165, 1.54) is 19.1 Å². The van der Waals surface area contributed by atoms with Crippen LogP contribution in [0.1, 0.15) is 12.5 Å². The molecule has 1 aromatic carbocycles. The number of hydrogen-bond donors (Lipinski definition) is 1. The molecule has 0 aliphatic carbocycles. The first-order valence-electron chi connectivity index (χ1n) is 5.04. The van der Waals surface area contributed by atoms with Crippen LogP contribution in [0.4, 0.5) is 14.5 Å². The number of hydrogen-bond acceptors (Lipinski definition) is 4. The van der Waals surface area contributed by atoms with Gasteiger partial charge in [-0.3, -0.25) is 4.55 Å². The van der Waals surface area contributed by atoms with Gasteiger partial charge in [0.05, 0.1) is 5.69 Å². The highest BCUT2D eigenvalue weighted by Gasteiger charge is 2.23. The Morgan fingerprint density at radius 1 is 1.53 bits per heavy atom. The van der Waals surface area contributed by atoms with Crippen molar-refractivity contribution in [3.8, 4) is 11.8 Å². The average molecular weight is 292 g/mol. The normalized spacial score (nSPS) is 11.2. The quantitative estimate of drug-likeness (QED) is 0.835. The summed E-state index contributed by atoms with van der Waals surface area (Å²) in [5.41, 5.74) is -0.632. The second-order valence-electron chi connectivity index (χ2n) is 3.28. The Bertz CT molecular complexity index is 598. The molecular weight excluding hydrogens is 282 g/mol. The highest BCUT2D eigenvalue weighted by molar-refractivity contribution is 7.87. The van der Waals surface area contributed by atoms with E-state index in [9.17, 15) is 17.2 Å². The Kier molecular flexibility index (Phi) is 4.63. The van der Waals surface area contributed by atoms with Crippen molar-refractivity contribution in [1.29, 1.82) is 5.26 Å². The summed E-state index contributed by atoms with van der Waals surface area (Å²) in [5, 5.41) is 8.94. The summed E-state index contributed by atoms with van der Waals surface area (Å²) in [6.45, 7) is -1.91.